The predicted molar refractivity (Wildman–Crippen MR) is 96.0 cm³/mol. The molecule has 1 fully saturated rings. The molecule has 0 atom stereocenters. The first-order chi connectivity index (χ1) is 9.19. The van der Waals surface area contributed by atoms with Crippen molar-refractivity contribution in [2.75, 3.05) is 36.5 Å². The van der Waals surface area contributed by atoms with Crippen LogP contribution in [-0.4, -0.2) is 41.9 Å². The summed E-state index contributed by atoms with van der Waals surface area (Å²) in [6, 6.07) is 6.25. The van der Waals surface area contributed by atoms with Gasteiger partial charge in [-0.25, -0.2) is 0 Å². The van der Waals surface area contributed by atoms with Gasteiger partial charge < -0.3 is 11.1 Å². The summed E-state index contributed by atoms with van der Waals surface area (Å²) in [5.74, 6) is 2.28. The Morgan fingerprint density at radius 1 is 1.33 bits per heavy atom. The van der Waals surface area contributed by atoms with E-state index in [1.165, 1.54) is 17.1 Å². The van der Waals surface area contributed by atoms with Gasteiger partial charge in [0.15, 0.2) is 0 Å². The maximum atomic E-state index is 11.4. The Kier molecular flexibility index (Phi) is 10.1. The quantitative estimate of drug-likeness (QED) is 0.873. The number of carbonyl (C=O) groups is 1. The molecule has 21 heavy (non-hydrogen) atoms. The van der Waals surface area contributed by atoms with E-state index in [9.17, 15) is 4.79 Å². The van der Waals surface area contributed by atoms with Crippen LogP contribution in [0.4, 0.5) is 5.69 Å². The molecule has 4 nitrogen and oxygen atoms in total. The average molecular weight is 352 g/mol. The van der Waals surface area contributed by atoms with Gasteiger partial charge in [0.1, 0.15) is 0 Å². The van der Waals surface area contributed by atoms with Crippen LogP contribution in [0, 0.1) is 6.92 Å². The Morgan fingerprint density at radius 3 is 2.62 bits per heavy atom. The summed E-state index contributed by atoms with van der Waals surface area (Å²) in [6.07, 6.45) is 0. The van der Waals surface area contributed by atoms with E-state index >= 15 is 0 Å². The van der Waals surface area contributed by atoms with Crippen LogP contribution in [-0.2, 0) is 11.3 Å². The summed E-state index contributed by atoms with van der Waals surface area (Å²) in [5.41, 5.74) is 8.52. The third kappa shape index (κ3) is 6.45. The minimum Gasteiger partial charge on any atom is -0.325 e. The van der Waals surface area contributed by atoms with Crippen LogP contribution in [0.15, 0.2) is 18.2 Å². The number of anilines is 1. The number of nitrogens with one attached hydrogen (secondary N) is 1. The number of aryl methyl sites for hydroxylation is 1. The Balaban J connectivity index is 0.00000200. The highest BCUT2D eigenvalue weighted by Gasteiger charge is 2.11. The Bertz CT molecular complexity index is 454. The molecule has 0 aromatic heterocycles. The lowest BCUT2D eigenvalue weighted by atomic mass is 10.1. The number of carbonyl (C=O) groups excluding carboxylic acids is 1. The van der Waals surface area contributed by atoms with Crippen LogP contribution >= 0.6 is 36.6 Å². The summed E-state index contributed by atoms with van der Waals surface area (Å²) in [7, 11) is 0. The first kappa shape index (κ1) is 20.5. The molecule has 2 rings (SSSR count). The molecule has 1 amide bonds. The zero-order chi connectivity index (χ0) is 13.7. The fraction of sp³-hybridized carbons (Fsp3) is 0.500. The molecule has 0 bridgehead atoms. The number of rotatable bonds is 4. The standard InChI is InChI=1S/C14H21N3OS.2ClH/c1-11-2-3-12(8-13(11)16-14(18)9-15)10-17-4-6-19-7-5-17;;/h2-3,8H,4-7,9-10,15H2,1H3,(H,16,18);2*1H. The van der Waals surface area contributed by atoms with Crippen molar-refractivity contribution in [1.29, 1.82) is 0 Å². The molecule has 0 spiro atoms. The minimum absolute atomic E-state index is 0. The van der Waals surface area contributed by atoms with Crippen LogP contribution in [0.2, 0.25) is 0 Å². The normalized spacial score (nSPS) is 14.8. The second kappa shape index (κ2) is 10.3. The highest BCUT2D eigenvalue weighted by molar-refractivity contribution is 7.99. The molecule has 3 N–H and O–H groups in total. The van der Waals surface area contributed by atoms with Crippen molar-refractivity contribution in [2.45, 2.75) is 13.5 Å². The predicted octanol–water partition coefficient (Wildman–Crippen LogP) is 2.28. The summed E-state index contributed by atoms with van der Waals surface area (Å²) in [6.45, 7) is 5.25. The van der Waals surface area contributed by atoms with E-state index in [1.54, 1.807) is 0 Å². The van der Waals surface area contributed by atoms with E-state index in [4.69, 9.17) is 5.73 Å². The fourth-order valence-electron chi connectivity index (χ4n) is 2.12. The Morgan fingerprint density at radius 2 is 2.00 bits per heavy atom. The number of hydrogen-bond acceptors (Lipinski definition) is 4. The van der Waals surface area contributed by atoms with Crippen LogP contribution in [0.1, 0.15) is 11.1 Å². The summed E-state index contributed by atoms with van der Waals surface area (Å²) < 4.78 is 0. The number of halogens is 2. The molecule has 1 heterocycles. The van der Waals surface area contributed by atoms with Crippen molar-refractivity contribution in [2.24, 2.45) is 5.73 Å². The maximum absolute atomic E-state index is 11.4. The molecule has 0 unspecified atom stereocenters. The summed E-state index contributed by atoms with van der Waals surface area (Å²) >= 11 is 2.01. The Labute approximate surface area is 143 Å². The molecule has 1 aliphatic rings. The van der Waals surface area contributed by atoms with Gasteiger partial charge in [0.2, 0.25) is 5.91 Å². The molecule has 1 aromatic rings. The highest BCUT2D eigenvalue weighted by atomic mass is 35.5. The molecule has 1 aromatic carbocycles. The molecule has 1 aliphatic heterocycles. The number of nitrogens with two attached hydrogens (primary N) is 1. The first-order valence-electron chi connectivity index (χ1n) is 6.58. The largest absolute Gasteiger partial charge is 0.325 e. The summed E-state index contributed by atoms with van der Waals surface area (Å²) in [4.78, 5) is 13.8. The van der Waals surface area contributed by atoms with Gasteiger partial charge in [-0.1, -0.05) is 12.1 Å². The van der Waals surface area contributed by atoms with E-state index in [0.717, 1.165) is 30.9 Å². The van der Waals surface area contributed by atoms with Crippen molar-refractivity contribution in [3.63, 3.8) is 0 Å². The van der Waals surface area contributed by atoms with Crippen molar-refractivity contribution >= 4 is 48.2 Å². The van der Waals surface area contributed by atoms with Gasteiger partial charge in [-0.05, 0) is 24.1 Å². The molecular formula is C14H23Cl2N3OS. The van der Waals surface area contributed by atoms with Gasteiger partial charge in [0, 0.05) is 36.8 Å². The van der Waals surface area contributed by atoms with Gasteiger partial charge in [-0.15, -0.1) is 24.8 Å². The van der Waals surface area contributed by atoms with Crippen LogP contribution in [0.5, 0.6) is 0 Å². The van der Waals surface area contributed by atoms with Gasteiger partial charge in [0.25, 0.3) is 0 Å². The molecule has 120 valence electrons. The minimum atomic E-state index is -0.144. The molecule has 0 radical (unpaired) electrons. The monoisotopic (exact) mass is 351 g/mol. The molecule has 1 saturated heterocycles. The SMILES string of the molecule is Cc1ccc(CN2CCSCC2)cc1NC(=O)CN.Cl.Cl. The van der Waals surface area contributed by atoms with Crippen molar-refractivity contribution < 1.29 is 4.79 Å². The first-order valence-corrected chi connectivity index (χ1v) is 7.74. The van der Waals surface area contributed by atoms with Crippen LogP contribution < -0.4 is 11.1 Å². The molecule has 0 aliphatic carbocycles. The van der Waals surface area contributed by atoms with Gasteiger partial charge >= 0.3 is 0 Å². The van der Waals surface area contributed by atoms with E-state index in [-0.39, 0.29) is 37.3 Å². The van der Waals surface area contributed by atoms with Crippen molar-refractivity contribution in [1.82, 2.24) is 4.90 Å². The average Bonchev–Trinajstić information content (AvgIpc) is 2.43. The Hall–Kier alpha value is -0.460. The number of hydrogen-bond donors (Lipinski definition) is 2. The second-order valence-electron chi connectivity index (χ2n) is 4.79. The van der Waals surface area contributed by atoms with Crippen molar-refractivity contribution in [3.05, 3.63) is 29.3 Å². The van der Waals surface area contributed by atoms with E-state index in [0.29, 0.717) is 0 Å². The molecule has 0 saturated carbocycles. The van der Waals surface area contributed by atoms with Gasteiger partial charge in [-0.3, -0.25) is 9.69 Å². The van der Waals surface area contributed by atoms with E-state index in [2.05, 4.69) is 28.4 Å². The smallest absolute Gasteiger partial charge is 0.238 e. The number of benzene rings is 1. The maximum Gasteiger partial charge on any atom is 0.238 e. The lowest BCUT2D eigenvalue weighted by Crippen LogP contribution is -2.32. The van der Waals surface area contributed by atoms with Crippen molar-refractivity contribution in [3.8, 4) is 0 Å². The van der Waals surface area contributed by atoms with Gasteiger partial charge in [0.05, 0.1) is 6.54 Å². The summed E-state index contributed by atoms with van der Waals surface area (Å²) in [5, 5.41) is 2.85. The number of nitrogens with zero attached hydrogens (tertiary/aromatic N) is 1. The fourth-order valence-corrected chi connectivity index (χ4v) is 3.10. The number of amides is 1. The topological polar surface area (TPSA) is 58.4 Å². The zero-order valence-electron chi connectivity index (χ0n) is 12.1. The van der Waals surface area contributed by atoms with Crippen LogP contribution in [0.25, 0.3) is 0 Å². The third-order valence-electron chi connectivity index (χ3n) is 3.27. The van der Waals surface area contributed by atoms with E-state index < -0.39 is 0 Å². The lowest BCUT2D eigenvalue weighted by molar-refractivity contribution is -0.114. The van der Waals surface area contributed by atoms with Crippen LogP contribution in [0.3, 0.4) is 0 Å². The molecular weight excluding hydrogens is 329 g/mol. The molecule has 7 heteroatoms. The van der Waals surface area contributed by atoms with Gasteiger partial charge in [-0.2, -0.15) is 11.8 Å². The number of thioether (sulfide) groups is 1. The third-order valence-corrected chi connectivity index (χ3v) is 4.21. The zero-order valence-corrected chi connectivity index (χ0v) is 14.6. The lowest BCUT2D eigenvalue weighted by Gasteiger charge is -2.26. The highest BCUT2D eigenvalue weighted by Crippen LogP contribution is 2.19. The van der Waals surface area contributed by atoms with E-state index in [1.807, 2.05) is 18.7 Å². The second-order valence-corrected chi connectivity index (χ2v) is 6.01.